The van der Waals surface area contributed by atoms with Crippen molar-refractivity contribution in [2.45, 2.75) is 12.5 Å². The minimum absolute atomic E-state index is 0.131. The lowest BCUT2D eigenvalue weighted by molar-refractivity contribution is -0.150. The first kappa shape index (κ1) is 13.8. The summed E-state index contributed by atoms with van der Waals surface area (Å²) < 4.78 is 5.37. The van der Waals surface area contributed by atoms with Crippen LogP contribution in [0.15, 0.2) is 24.3 Å². The molecule has 1 atom stereocenters. The molecule has 6 heteroatoms. The molecule has 1 aromatic rings. The van der Waals surface area contributed by atoms with Crippen molar-refractivity contribution in [3.8, 4) is 0 Å². The van der Waals surface area contributed by atoms with Gasteiger partial charge >= 0.3 is 0 Å². The third-order valence-electron chi connectivity index (χ3n) is 3.19. The Balaban J connectivity index is 2.21. The van der Waals surface area contributed by atoms with Gasteiger partial charge in [-0.1, -0.05) is 23.7 Å². The van der Waals surface area contributed by atoms with Crippen LogP contribution in [0.1, 0.15) is 17.3 Å². The maximum absolute atomic E-state index is 12.4. The number of carbonyl (C=O) groups excluding carboxylic acids is 2. The molecule has 1 unspecified atom stereocenters. The third kappa shape index (κ3) is 2.72. The van der Waals surface area contributed by atoms with Gasteiger partial charge in [0.1, 0.15) is 0 Å². The van der Waals surface area contributed by atoms with Crippen LogP contribution < -0.4 is 5.73 Å². The van der Waals surface area contributed by atoms with E-state index in [4.69, 9.17) is 22.1 Å². The summed E-state index contributed by atoms with van der Waals surface area (Å²) in [5.41, 5.74) is 4.58. The van der Waals surface area contributed by atoms with Crippen molar-refractivity contribution < 1.29 is 14.3 Å². The Morgan fingerprint density at radius 3 is 2.74 bits per heavy atom. The molecule has 0 saturated carbocycles. The monoisotopic (exact) mass is 282 g/mol. The number of primary amides is 1. The summed E-state index contributed by atoms with van der Waals surface area (Å²) in [6.07, 6.45) is 0. The highest BCUT2D eigenvalue weighted by Gasteiger charge is 2.39. The molecular weight excluding hydrogens is 268 g/mol. The fraction of sp³-hybridized carbons (Fsp3) is 0.385. The fourth-order valence-corrected chi connectivity index (χ4v) is 2.21. The summed E-state index contributed by atoms with van der Waals surface area (Å²) in [6, 6.07) is 6.81. The number of hydrogen-bond acceptors (Lipinski definition) is 3. The highest BCUT2D eigenvalue weighted by atomic mass is 35.5. The van der Waals surface area contributed by atoms with Gasteiger partial charge in [0, 0.05) is 6.54 Å². The summed E-state index contributed by atoms with van der Waals surface area (Å²) in [7, 11) is 0. The number of ether oxygens (including phenoxy) is 1. The predicted octanol–water partition coefficient (Wildman–Crippen LogP) is 1.06. The van der Waals surface area contributed by atoms with Crippen molar-refractivity contribution in [1.82, 2.24) is 4.90 Å². The molecule has 5 nitrogen and oxygen atoms in total. The van der Waals surface area contributed by atoms with Gasteiger partial charge < -0.3 is 15.4 Å². The molecule has 0 aliphatic carbocycles. The van der Waals surface area contributed by atoms with Crippen molar-refractivity contribution >= 4 is 23.4 Å². The number of nitrogens with two attached hydrogens (primary N) is 1. The summed E-state index contributed by atoms with van der Waals surface area (Å²) in [5.74, 6) is -0.800. The Morgan fingerprint density at radius 1 is 1.42 bits per heavy atom. The zero-order valence-corrected chi connectivity index (χ0v) is 11.3. The minimum atomic E-state index is -1.14. The molecule has 0 bridgehead atoms. The quantitative estimate of drug-likeness (QED) is 0.881. The van der Waals surface area contributed by atoms with E-state index in [0.717, 1.165) is 0 Å². The average Bonchev–Trinajstić information content (AvgIpc) is 2.38. The number of carbonyl (C=O) groups is 2. The number of morpholine rings is 1. The van der Waals surface area contributed by atoms with Crippen LogP contribution in [0.2, 0.25) is 5.02 Å². The molecule has 102 valence electrons. The molecule has 2 N–H and O–H groups in total. The van der Waals surface area contributed by atoms with Crippen molar-refractivity contribution in [1.29, 1.82) is 0 Å². The molecule has 0 aromatic heterocycles. The Labute approximate surface area is 116 Å². The third-order valence-corrected chi connectivity index (χ3v) is 3.52. The molecule has 1 aliphatic rings. The van der Waals surface area contributed by atoms with E-state index >= 15 is 0 Å². The summed E-state index contributed by atoms with van der Waals surface area (Å²) >= 11 is 6.00. The van der Waals surface area contributed by atoms with E-state index in [1.807, 2.05) is 0 Å². The van der Waals surface area contributed by atoms with Gasteiger partial charge in [0.25, 0.3) is 11.8 Å². The second-order valence-electron chi connectivity index (χ2n) is 4.65. The molecule has 2 rings (SSSR count). The van der Waals surface area contributed by atoms with E-state index in [1.165, 1.54) is 4.90 Å². The van der Waals surface area contributed by atoms with E-state index in [0.29, 0.717) is 17.1 Å². The van der Waals surface area contributed by atoms with Gasteiger partial charge in [-0.05, 0) is 19.1 Å². The van der Waals surface area contributed by atoms with Crippen LogP contribution in [0.5, 0.6) is 0 Å². The molecule has 1 saturated heterocycles. The normalized spacial score (nSPS) is 23.2. The molecule has 0 radical (unpaired) electrons. The number of benzene rings is 1. The van der Waals surface area contributed by atoms with E-state index < -0.39 is 11.5 Å². The first-order valence-corrected chi connectivity index (χ1v) is 6.29. The molecular formula is C13H15ClN2O3. The number of hydrogen-bond donors (Lipinski definition) is 1. The van der Waals surface area contributed by atoms with Crippen molar-refractivity contribution in [3.05, 3.63) is 34.9 Å². The molecule has 0 spiro atoms. The summed E-state index contributed by atoms with van der Waals surface area (Å²) in [6.45, 7) is 2.40. The van der Waals surface area contributed by atoms with E-state index in [1.54, 1.807) is 31.2 Å². The maximum atomic E-state index is 12.4. The van der Waals surface area contributed by atoms with Gasteiger partial charge in [-0.25, -0.2) is 0 Å². The van der Waals surface area contributed by atoms with Gasteiger partial charge in [-0.15, -0.1) is 0 Å². The standard InChI is InChI=1S/C13H15ClN2O3/c1-13(12(15)18)8-16(6-7-19-13)11(17)9-4-2-3-5-10(9)14/h2-5H,6-8H2,1H3,(H2,15,18). The van der Waals surface area contributed by atoms with E-state index in [-0.39, 0.29) is 19.1 Å². The number of nitrogens with zero attached hydrogens (tertiary/aromatic N) is 1. The van der Waals surface area contributed by atoms with Gasteiger partial charge in [0.15, 0.2) is 5.60 Å². The zero-order valence-electron chi connectivity index (χ0n) is 10.6. The second kappa shape index (κ2) is 5.19. The SMILES string of the molecule is CC1(C(N)=O)CN(C(=O)c2ccccc2Cl)CCO1. The van der Waals surface area contributed by atoms with Crippen LogP contribution in [0.25, 0.3) is 0 Å². The maximum Gasteiger partial charge on any atom is 0.255 e. The Bertz CT molecular complexity index is 520. The predicted molar refractivity (Wildman–Crippen MR) is 70.9 cm³/mol. The molecule has 2 amide bonds. The smallest absolute Gasteiger partial charge is 0.255 e. The summed E-state index contributed by atoms with van der Waals surface area (Å²) in [4.78, 5) is 25.3. The van der Waals surface area contributed by atoms with Crippen LogP contribution in [0.4, 0.5) is 0 Å². The summed E-state index contributed by atoms with van der Waals surface area (Å²) in [5, 5.41) is 0.389. The van der Waals surface area contributed by atoms with Crippen LogP contribution in [-0.4, -0.2) is 42.0 Å². The fourth-order valence-electron chi connectivity index (χ4n) is 2.00. The zero-order chi connectivity index (χ0) is 14.0. The lowest BCUT2D eigenvalue weighted by Crippen LogP contribution is -2.58. The second-order valence-corrected chi connectivity index (χ2v) is 5.06. The van der Waals surface area contributed by atoms with Crippen LogP contribution >= 0.6 is 11.6 Å². The van der Waals surface area contributed by atoms with Gasteiger partial charge in [-0.2, -0.15) is 0 Å². The molecule has 1 aromatic carbocycles. The number of amides is 2. The minimum Gasteiger partial charge on any atom is -0.367 e. The van der Waals surface area contributed by atoms with Crippen LogP contribution in [0.3, 0.4) is 0 Å². The number of rotatable bonds is 2. The highest BCUT2D eigenvalue weighted by Crippen LogP contribution is 2.22. The van der Waals surface area contributed by atoms with Crippen molar-refractivity contribution in [2.24, 2.45) is 5.73 Å². The average molecular weight is 283 g/mol. The molecule has 1 heterocycles. The molecule has 1 fully saturated rings. The van der Waals surface area contributed by atoms with Gasteiger partial charge in [-0.3, -0.25) is 9.59 Å². The highest BCUT2D eigenvalue weighted by molar-refractivity contribution is 6.33. The van der Waals surface area contributed by atoms with E-state index in [9.17, 15) is 9.59 Å². The van der Waals surface area contributed by atoms with Crippen molar-refractivity contribution in [3.63, 3.8) is 0 Å². The first-order valence-electron chi connectivity index (χ1n) is 5.92. The lowest BCUT2D eigenvalue weighted by atomic mass is 10.0. The molecule has 19 heavy (non-hydrogen) atoms. The van der Waals surface area contributed by atoms with Crippen LogP contribution in [-0.2, 0) is 9.53 Å². The van der Waals surface area contributed by atoms with E-state index in [2.05, 4.69) is 0 Å². The Hall–Kier alpha value is -1.59. The van der Waals surface area contributed by atoms with Crippen molar-refractivity contribution in [2.75, 3.05) is 19.7 Å². The first-order chi connectivity index (χ1) is 8.94. The largest absolute Gasteiger partial charge is 0.367 e. The Morgan fingerprint density at radius 2 is 2.11 bits per heavy atom. The topological polar surface area (TPSA) is 72.6 Å². The lowest BCUT2D eigenvalue weighted by Gasteiger charge is -2.38. The Kier molecular flexibility index (Phi) is 3.78. The van der Waals surface area contributed by atoms with Gasteiger partial charge in [0.05, 0.1) is 23.7 Å². The van der Waals surface area contributed by atoms with Crippen LogP contribution in [0, 0.1) is 0 Å². The van der Waals surface area contributed by atoms with Gasteiger partial charge in [0.2, 0.25) is 0 Å². The number of halogens is 1. The molecule has 1 aliphatic heterocycles.